The van der Waals surface area contributed by atoms with Crippen LogP contribution in [0, 0.1) is 23.2 Å². The van der Waals surface area contributed by atoms with Gasteiger partial charge in [-0.25, -0.2) is 0 Å². The molecule has 0 heterocycles. The van der Waals surface area contributed by atoms with E-state index in [1.807, 2.05) is 0 Å². The first-order valence-electron chi connectivity index (χ1n) is 4.44. The van der Waals surface area contributed by atoms with Gasteiger partial charge in [0.05, 0.1) is 0 Å². The molecule has 57 valence electrons. The van der Waals surface area contributed by atoms with Gasteiger partial charge in [0.15, 0.2) is 0 Å². The Hall–Kier alpha value is 0. The van der Waals surface area contributed by atoms with E-state index < -0.39 is 0 Å². The maximum atomic E-state index is 2.44. The molecule has 10 heavy (non-hydrogen) atoms. The summed E-state index contributed by atoms with van der Waals surface area (Å²) in [6.45, 7) is 7.23. The number of hydrogen-bond acceptors (Lipinski definition) is 0. The average Bonchev–Trinajstić information content (AvgIpc) is 1.87. The monoisotopic (exact) mass is 137 g/mol. The van der Waals surface area contributed by atoms with Crippen molar-refractivity contribution >= 4 is 0 Å². The van der Waals surface area contributed by atoms with Crippen molar-refractivity contribution < 1.29 is 0 Å². The molecule has 0 N–H and O–H groups in total. The molecule has 0 aromatic carbocycles. The van der Waals surface area contributed by atoms with Crippen molar-refractivity contribution in [2.24, 2.45) is 17.3 Å². The van der Waals surface area contributed by atoms with Crippen molar-refractivity contribution in [3.8, 4) is 0 Å². The van der Waals surface area contributed by atoms with Crippen LogP contribution < -0.4 is 0 Å². The van der Waals surface area contributed by atoms with Crippen molar-refractivity contribution in [1.29, 1.82) is 0 Å². The smallest absolute Gasteiger partial charge is 0.0235 e. The average molecular weight is 137 g/mol. The second-order valence-electron chi connectivity index (χ2n) is 4.69. The van der Waals surface area contributed by atoms with Crippen molar-refractivity contribution in [2.45, 2.75) is 40.0 Å². The van der Waals surface area contributed by atoms with Crippen LogP contribution in [0.5, 0.6) is 0 Å². The third-order valence-electron chi connectivity index (χ3n) is 3.95. The minimum Gasteiger partial charge on any atom is -0.0594 e. The molecule has 0 aromatic heterocycles. The highest BCUT2D eigenvalue weighted by Crippen LogP contribution is 2.61. The van der Waals surface area contributed by atoms with Crippen LogP contribution in [0.25, 0.3) is 0 Å². The van der Waals surface area contributed by atoms with Crippen LogP contribution >= 0.6 is 0 Å². The van der Waals surface area contributed by atoms with Crippen molar-refractivity contribution in [3.05, 3.63) is 5.92 Å². The Labute approximate surface area is 64.0 Å². The first-order chi connectivity index (χ1) is 4.62. The van der Waals surface area contributed by atoms with Gasteiger partial charge >= 0.3 is 0 Å². The Morgan fingerprint density at radius 2 is 2.10 bits per heavy atom. The number of hydrogen-bond donors (Lipinski definition) is 0. The Morgan fingerprint density at radius 3 is 2.40 bits per heavy atom. The van der Waals surface area contributed by atoms with Gasteiger partial charge in [0.25, 0.3) is 0 Å². The van der Waals surface area contributed by atoms with E-state index in [1.54, 1.807) is 5.92 Å². The molecule has 0 saturated heterocycles. The van der Waals surface area contributed by atoms with Gasteiger partial charge in [-0.1, -0.05) is 20.8 Å². The van der Waals surface area contributed by atoms with E-state index >= 15 is 0 Å². The fraction of sp³-hybridized carbons (Fsp3) is 0.900. The molecule has 0 heteroatoms. The van der Waals surface area contributed by atoms with E-state index in [0.717, 1.165) is 11.8 Å². The van der Waals surface area contributed by atoms with E-state index in [9.17, 15) is 0 Å². The first-order valence-corrected chi connectivity index (χ1v) is 4.44. The summed E-state index contributed by atoms with van der Waals surface area (Å²) in [5, 5.41) is 0. The van der Waals surface area contributed by atoms with E-state index in [0.29, 0.717) is 5.41 Å². The van der Waals surface area contributed by atoms with E-state index in [4.69, 9.17) is 0 Å². The van der Waals surface area contributed by atoms with Crippen LogP contribution in [0.2, 0.25) is 0 Å². The molecule has 2 atom stereocenters. The lowest BCUT2D eigenvalue weighted by atomic mass is 9.46. The number of fused-ring (bicyclic) bond motifs is 2. The summed E-state index contributed by atoms with van der Waals surface area (Å²) in [6.07, 6.45) is 4.38. The fourth-order valence-corrected chi connectivity index (χ4v) is 2.92. The molecule has 3 fully saturated rings. The van der Waals surface area contributed by atoms with Crippen molar-refractivity contribution in [3.63, 3.8) is 0 Å². The quantitative estimate of drug-likeness (QED) is 0.481. The van der Waals surface area contributed by atoms with Gasteiger partial charge in [0.1, 0.15) is 0 Å². The molecule has 3 aliphatic rings. The number of rotatable bonds is 0. The van der Waals surface area contributed by atoms with Gasteiger partial charge in [-0.05, 0) is 42.4 Å². The summed E-state index contributed by atoms with van der Waals surface area (Å²) in [5.74, 6) is 3.81. The lowest BCUT2D eigenvalue weighted by molar-refractivity contribution is -0.0465. The van der Waals surface area contributed by atoms with Crippen molar-refractivity contribution in [2.75, 3.05) is 0 Å². The van der Waals surface area contributed by atoms with E-state index in [1.165, 1.54) is 19.3 Å². The molecule has 1 radical (unpaired) electrons. The standard InChI is InChI=1S/C10H17/c1-7-4-5-8-6-9(7)10(8,2)3/h8-9H,4-6H2,1-3H3. The summed E-state index contributed by atoms with van der Waals surface area (Å²) in [6, 6.07) is 0. The van der Waals surface area contributed by atoms with Crippen LogP contribution in [0.3, 0.4) is 0 Å². The molecule has 0 aliphatic heterocycles. The highest BCUT2D eigenvalue weighted by molar-refractivity contribution is 5.13. The SMILES string of the molecule is C[C]1CCC2CC1C2(C)C. The zero-order valence-electron chi connectivity index (χ0n) is 7.28. The van der Waals surface area contributed by atoms with Gasteiger partial charge in [-0.15, -0.1) is 0 Å². The highest BCUT2D eigenvalue weighted by atomic mass is 14.6. The van der Waals surface area contributed by atoms with Gasteiger partial charge in [0, 0.05) is 0 Å². The summed E-state index contributed by atoms with van der Waals surface area (Å²) >= 11 is 0. The topological polar surface area (TPSA) is 0 Å². The Kier molecular flexibility index (Phi) is 1.19. The zero-order chi connectivity index (χ0) is 7.35. The summed E-state index contributed by atoms with van der Waals surface area (Å²) in [5.41, 5.74) is 0.669. The minimum absolute atomic E-state index is 0.669. The maximum Gasteiger partial charge on any atom is -0.0235 e. The third kappa shape index (κ3) is 0.627. The summed E-state index contributed by atoms with van der Waals surface area (Å²) in [4.78, 5) is 0. The summed E-state index contributed by atoms with van der Waals surface area (Å²) < 4.78 is 0. The second kappa shape index (κ2) is 1.78. The van der Waals surface area contributed by atoms with Crippen LogP contribution in [0.15, 0.2) is 0 Å². The molecule has 3 aliphatic carbocycles. The lowest BCUT2D eigenvalue weighted by Gasteiger charge is -2.59. The zero-order valence-corrected chi connectivity index (χ0v) is 7.28. The third-order valence-corrected chi connectivity index (χ3v) is 3.95. The lowest BCUT2D eigenvalue weighted by Crippen LogP contribution is -2.50. The van der Waals surface area contributed by atoms with Crippen molar-refractivity contribution in [1.82, 2.24) is 0 Å². The Balaban J connectivity index is 2.16. The molecule has 0 nitrogen and oxygen atoms in total. The molecule has 0 aromatic rings. The molecular formula is C10H17. The van der Waals surface area contributed by atoms with Gasteiger partial charge in [-0.3, -0.25) is 0 Å². The highest BCUT2D eigenvalue weighted by Gasteiger charge is 2.52. The maximum absolute atomic E-state index is 2.44. The Bertz CT molecular complexity index is 144. The molecule has 3 rings (SSSR count). The van der Waals surface area contributed by atoms with Crippen LogP contribution in [0.4, 0.5) is 0 Å². The molecular weight excluding hydrogens is 120 g/mol. The molecule has 2 bridgehead atoms. The fourth-order valence-electron chi connectivity index (χ4n) is 2.92. The largest absolute Gasteiger partial charge is 0.0594 e. The predicted molar refractivity (Wildman–Crippen MR) is 43.5 cm³/mol. The molecule has 3 saturated carbocycles. The normalized spacial score (nSPS) is 44.7. The van der Waals surface area contributed by atoms with Gasteiger partial charge in [0.2, 0.25) is 0 Å². The molecule has 2 unspecified atom stereocenters. The van der Waals surface area contributed by atoms with Gasteiger partial charge in [-0.2, -0.15) is 0 Å². The van der Waals surface area contributed by atoms with E-state index in [-0.39, 0.29) is 0 Å². The molecule has 0 amide bonds. The molecule has 0 spiro atoms. The second-order valence-corrected chi connectivity index (χ2v) is 4.69. The first kappa shape index (κ1) is 6.69. The predicted octanol–water partition coefficient (Wildman–Crippen LogP) is 3.04. The van der Waals surface area contributed by atoms with Crippen LogP contribution in [-0.4, -0.2) is 0 Å². The summed E-state index contributed by atoms with van der Waals surface area (Å²) in [7, 11) is 0. The van der Waals surface area contributed by atoms with Crippen LogP contribution in [-0.2, 0) is 0 Å². The van der Waals surface area contributed by atoms with Gasteiger partial charge < -0.3 is 0 Å². The van der Waals surface area contributed by atoms with E-state index in [2.05, 4.69) is 20.8 Å². The van der Waals surface area contributed by atoms with Crippen LogP contribution in [0.1, 0.15) is 40.0 Å². The minimum atomic E-state index is 0.669. The Morgan fingerprint density at radius 1 is 1.40 bits per heavy atom.